The van der Waals surface area contributed by atoms with Crippen molar-refractivity contribution in [1.82, 2.24) is 19.9 Å². The van der Waals surface area contributed by atoms with Gasteiger partial charge in [0.05, 0.1) is 25.2 Å². The molecule has 5 rings (SSSR count). The van der Waals surface area contributed by atoms with Crippen molar-refractivity contribution in [3.05, 3.63) is 84.8 Å². The van der Waals surface area contributed by atoms with Crippen molar-refractivity contribution in [2.75, 3.05) is 56.7 Å². The van der Waals surface area contributed by atoms with Crippen LogP contribution in [-0.2, 0) is 30.7 Å². The van der Waals surface area contributed by atoms with Gasteiger partial charge in [-0.15, -0.1) is 0 Å². The SMILES string of the molecule is COc1ccccc1Oc1c(NS(=O)(=O)c2ccc(CCC(=O)N3CCOCC3)cc2)ncnc1OCCOC(=O)Nc1ccccn1. The summed E-state index contributed by atoms with van der Waals surface area (Å²) in [6.45, 7) is 1.85. The van der Waals surface area contributed by atoms with Crippen LogP contribution in [0.1, 0.15) is 12.0 Å². The third-order valence-corrected chi connectivity index (χ3v) is 8.31. The molecular weight excluding hydrogens is 644 g/mol. The standard InChI is InChI=1S/C32H34N6O9S/c1-43-25-6-2-3-7-26(25)47-29-30(34-22-35-31(29)45-20-21-46-32(40)36-27-8-4-5-15-33-27)37-48(41,42)24-12-9-23(10-13-24)11-14-28(39)38-16-18-44-19-17-38/h2-10,12-13,15,22H,11,14,16-21H2,1H3,(H,33,36,40)(H,34,35,37). The second-order valence-electron chi connectivity index (χ2n) is 10.2. The molecule has 0 atom stereocenters. The lowest BCUT2D eigenvalue weighted by molar-refractivity contribution is -0.135. The quantitative estimate of drug-likeness (QED) is 0.184. The maximum atomic E-state index is 13.5. The molecule has 2 amide bonds. The van der Waals surface area contributed by atoms with E-state index in [0.29, 0.717) is 50.7 Å². The van der Waals surface area contributed by atoms with E-state index >= 15 is 0 Å². The molecule has 16 heteroatoms. The molecule has 0 unspecified atom stereocenters. The van der Waals surface area contributed by atoms with Crippen LogP contribution >= 0.6 is 0 Å². The number of ether oxygens (including phenoxy) is 5. The number of hydrogen-bond donors (Lipinski definition) is 2. The number of rotatable bonds is 14. The van der Waals surface area contributed by atoms with Gasteiger partial charge in [-0.2, -0.15) is 4.98 Å². The molecule has 0 spiro atoms. The fourth-order valence-electron chi connectivity index (χ4n) is 4.53. The molecule has 1 aliphatic rings. The Kier molecular flexibility index (Phi) is 11.6. The van der Waals surface area contributed by atoms with Gasteiger partial charge in [0.15, 0.2) is 17.3 Å². The number of carbonyl (C=O) groups is 2. The van der Waals surface area contributed by atoms with Crippen molar-refractivity contribution >= 4 is 33.7 Å². The minimum Gasteiger partial charge on any atom is -0.493 e. The summed E-state index contributed by atoms with van der Waals surface area (Å²) in [5.41, 5.74) is 0.810. The predicted molar refractivity (Wildman–Crippen MR) is 173 cm³/mol. The summed E-state index contributed by atoms with van der Waals surface area (Å²) in [5, 5.41) is 2.49. The van der Waals surface area contributed by atoms with Crippen LogP contribution in [0.4, 0.5) is 16.4 Å². The number of aryl methyl sites for hydroxylation is 1. The number of pyridine rings is 1. The van der Waals surface area contributed by atoms with E-state index in [4.69, 9.17) is 23.7 Å². The molecule has 1 saturated heterocycles. The Morgan fingerprint density at radius 3 is 2.40 bits per heavy atom. The number of carbonyl (C=O) groups excluding carboxylic acids is 2. The van der Waals surface area contributed by atoms with E-state index in [-0.39, 0.29) is 47.2 Å². The minimum atomic E-state index is -4.17. The molecule has 0 radical (unpaired) electrons. The minimum absolute atomic E-state index is 0.0281. The first kappa shape index (κ1) is 33.9. The van der Waals surface area contributed by atoms with Crippen LogP contribution in [-0.4, -0.2) is 86.9 Å². The largest absolute Gasteiger partial charge is 0.493 e. The fourth-order valence-corrected chi connectivity index (χ4v) is 5.54. The van der Waals surface area contributed by atoms with Gasteiger partial charge in [0.1, 0.15) is 25.4 Å². The molecule has 0 saturated carbocycles. The van der Waals surface area contributed by atoms with Gasteiger partial charge in [0.2, 0.25) is 11.7 Å². The highest BCUT2D eigenvalue weighted by Gasteiger charge is 2.24. The van der Waals surface area contributed by atoms with Crippen LogP contribution < -0.4 is 24.2 Å². The van der Waals surface area contributed by atoms with Crippen molar-refractivity contribution in [2.24, 2.45) is 0 Å². The summed E-state index contributed by atoms with van der Waals surface area (Å²) in [4.78, 5) is 38.6. The van der Waals surface area contributed by atoms with Crippen molar-refractivity contribution < 1.29 is 41.7 Å². The van der Waals surface area contributed by atoms with Gasteiger partial charge in [-0.25, -0.2) is 23.2 Å². The zero-order valence-electron chi connectivity index (χ0n) is 26.0. The molecule has 0 aliphatic carbocycles. The fraction of sp³-hybridized carbons (Fsp3) is 0.281. The number of morpholine rings is 1. The van der Waals surface area contributed by atoms with E-state index in [1.165, 1.54) is 25.4 Å². The number of aromatic nitrogens is 3. The summed E-state index contributed by atoms with van der Waals surface area (Å²) in [7, 11) is -2.71. The molecule has 252 valence electrons. The number of anilines is 2. The smallest absolute Gasteiger partial charge is 0.412 e. The number of methoxy groups -OCH3 is 1. The van der Waals surface area contributed by atoms with Crippen molar-refractivity contribution in [2.45, 2.75) is 17.7 Å². The van der Waals surface area contributed by atoms with Crippen LogP contribution in [0.5, 0.6) is 23.1 Å². The van der Waals surface area contributed by atoms with Gasteiger partial charge < -0.3 is 28.6 Å². The summed E-state index contributed by atoms with van der Waals surface area (Å²) >= 11 is 0. The number of nitrogens with zero attached hydrogens (tertiary/aromatic N) is 4. The highest BCUT2D eigenvalue weighted by molar-refractivity contribution is 7.92. The zero-order chi connectivity index (χ0) is 33.8. The first-order valence-corrected chi connectivity index (χ1v) is 16.4. The highest BCUT2D eigenvalue weighted by atomic mass is 32.2. The molecule has 3 heterocycles. The van der Waals surface area contributed by atoms with Gasteiger partial charge in [-0.1, -0.05) is 30.3 Å². The van der Waals surface area contributed by atoms with Crippen molar-refractivity contribution in [3.63, 3.8) is 0 Å². The number of hydrogen-bond acceptors (Lipinski definition) is 12. The Balaban J connectivity index is 1.28. The Bertz CT molecular complexity index is 1790. The lowest BCUT2D eigenvalue weighted by Crippen LogP contribution is -2.40. The number of amides is 2. The lowest BCUT2D eigenvalue weighted by Gasteiger charge is -2.26. The molecule has 48 heavy (non-hydrogen) atoms. The number of benzene rings is 2. The van der Waals surface area contributed by atoms with E-state index in [1.54, 1.807) is 59.5 Å². The second kappa shape index (κ2) is 16.4. The van der Waals surface area contributed by atoms with Gasteiger partial charge in [-0.3, -0.25) is 14.8 Å². The third kappa shape index (κ3) is 9.29. The molecule has 0 bridgehead atoms. The van der Waals surface area contributed by atoms with E-state index in [0.717, 1.165) is 11.9 Å². The molecule has 15 nitrogen and oxygen atoms in total. The average molecular weight is 679 g/mol. The third-order valence-electron chi connectivity index (χ3n) is 6.96. The molecule has 1 aliphatic heterocycles. The normalized spacial score (nSPS) is 12.9. The predicted octanol–water partition coefficient (Wildman–Crippen LogP) is 3.89. The van der Waals surface area contributed by atoms with Crippen molar-refractivity contribution in [1.29, 1.82) is 0 Å². The summed E-state index contributed by atoms with van der Waals surface area (Å²) in [6, 6.07) is 18.0. The number of sulfonamides is 1. The van der Waals surface area contributed by atoms with Crippen LogP contribution in [0.15, 0.2) is 84.1 Å². The Morgan fingerprint density at radius 1 is 0.917 bits per heavy atom. The molecule has 4 aromatic rings. The first-order valence-electron chi connectivity index (χ1n) is 14.9. The summed E-state index contributed by atoms with van der Waals surface area (Å²) < 4.78 is 57.0. The van der Waals surface area contributed by atoms with Crippen LogP contribution in [0.3, 0.4) is 0 Å². The monoisotopic (exact) mass is 678 g/mol. The summed E-state index contributed by atoms with van der Waals surface area (Å²) in [6.07, 6.45) is 2.65. The zero-order valence-corrected chi connectivity index (χ0v) is 26.9. The van der Waals surface area contributed by atoms with Gasteiger partial charge in [0.25, 0.3) is 15.9 Å². The van der Waals surface area contributed by atoms with Crippen LogP contribution in [0, 0.1) is 0 Å². The van der Waals surface area contributed by atoms with Crippen molar-refractivity contribution in [3.8, 4) is 23.1 Å². The Hall–Kier alpha value is -5.48. The van der Waals surface area contributed by atoms with E-state index in [2.05, 4.69) is 25.0 Å². The number of nitrogens with one attached hydrogen (secondary N) is 2. The topological polar surface area (TPSA) is 180 Å². The molecule has 2 aromatic carbocycles. The molecule has 2 aromatic heterocycles. The first-order chi connectivity index (χ1) is 23.3. The molecule has 1 fully saturated rings. The lowest BCUT2D eigenvalue weighted by atomic mass is 10.1. The average Bonchev–Trinajstić information content (AvgIpc) is 3.11. The van der Waals surface area contributed by atoms with Gasteiger partial charge >= 0.3 is 6.09 Å². The maximum Gasteiger partial charge on any atom is 0.412 e. The number of para-hydroxylation sites is 2. The molecule has 2 N–H and O–H groups in total. The maximum absolute atomic E-state index is 13.5. The molecular formula is C32H34N6O9S. The second-order valence-corrected chi connectivity index (χ2v) is 11.9. The van der Waals surface area contributed by atoms with E-state index in [9.17, 15) is 18.0 Å². The van der Waals surface area contributed by atoms with E-state index in [1.807, 2.05) is 0 Å². The highest BCUT2D eigenvalue weighted by Crippen LogP contribution is 2.39. The Morgan fingerprint density at radius 2 is 1.67 bits per heavy atom. The van der Waals surface area contributed by atoms with Crippen LogP contribution in [0.2, 0.25) is 0 Å². The van der Waals surface area contributed by atoms with Crippen LogP contribution in [0.25, 0.3) is 0 Å². The van der Waals surface area contributed by atoms with Gasteiger partial charge in [-0.05, 0) is 48.4 Å². The summed E-state index contributed by atoms with van der Waals surface area (Å²) in [5.74, 6) is 0.460. The Labute approximate surface area is 277 Å². The van der Waals surface area contributed by atoms with Gasteiger partial charge in [0, 0.05) is 25.7 Å². The van der Waals surface area contributed by atoms with E-state index < -0.39 is 16.1 Å².